The van der Waals surface area contributed by atoms with Crippen molar-refractivity contribution in [3.05, 3.63) is 0 Å². The Morgan fingerprint density at radius 2 is 1.04 bits per heavy atom. The van der Waals surface area contributed by atoms with Gasteiger partial charge in [0.15, 0.2) is 0 Å². The Kier molecular flexibility index (Phi) is 4.43. The van der Waals surface area contributed by atoms with Crippen LogP contribution in [-0.4, -0.2) is 23.7 Å². The van der Waals surface area contributed by atoms with Crippen LogP contribution < -0.4 is 0 Å². The number of alkyl halides is 8. The number of hydrogen-bond acceptors (Lipinski definition) is 0. The van der Waals surface area contributed by atoms with Crippen molar-refractivity contribution in [1.82, 2.24) is 0 Å². The molecule has 0 bridgehead atoms. The lowest BCUT2D eigenvalue weighted by atomic mass is 9.69. The molecular weight excluding hydrogens is 332 g/mol. The van der Waals surface area contributed by atoms with E-state index in [9.17, 15) is 35.1 Å². The minimum Gasteiger partial charge on any atom is -0.206 e. The fourth-order valence-electron chi connectivity index (χ4n) is 2.85. The van der Waals surface area contributed by atoms with Crippen molar-refractivity contribution < 1.29 is 35.1 Å². The second-order valence-corrected chi connectivity index (χ2v) is 8.36. The summed E-state index contributed by atoms with van der Waals surface area (Å²) < 4.78 is 113. The summed E-state index contributed by atoms with van der Waals surface area (Å²) in [4.78, 5) is 0. The fraction of sp³-hybridized carbons (Fsp3) is 1.00. The lowest BCUT2D eigenvalue weighted by molar-refractivity contribution is -0.279. The Balaban J connectivity index is 3.58. The summed E-state index contributed by atoms with van der Waals surface area (Å²) in [6, 6.07) is 0. The molecule has 1 saturated carbocycles. The lowest BCUT2D eigenvalue weighted by Crippen LogP contribution is -2.56. The summed E-state index contributed by atoms with van der Waals surface area (Å²) in [5, 5.41) is 0. The SMILES string of the molecule is CC(C)(C)C(F)(F)C1CC(F)(F)C(F)(F)C1C(F)(F)C(C)(C)C. The van der Waals surface area contributed by atoms with E-state index < -0.39 is 52.8 Å². The maximum atomic E-state index is 14.5. The monoisotopic (exact) mass is 354 g/mol. The fourth-order valence-corrected chi connectivity index (χ4v) is 2.85. The average molecular weight is 354 g/mol. The van der Waals surface area contributed by atoms with E-state index in [0.29, 0.717) is 0 Å². The Morgan fingerprint density at radius 3 is 1.35 bits per heavy atom. The molecule has 0 aromatic carbocycles. The standard InChI is InChI=1S/C15H22F8/c1-10(2,3)13(18,19)8-7-12(16,17)15(22,23)9(8)14(20,21)11(4,5)6/h8-9H,7H2,1-6H3. The van der Waals surface area contributed by atoms with Gasteiger partial charge in [0.25, 0.3) is 11.8 Å². The van der Waals surface area contributed by atoms with Gasteiger partial charge in [-0.3, -0.25) is 0 Å². The van der Waals surface area contributed by atoms with E-state index in [1.54, 1.807) is 0 Å². The molecule has 0 amide bonds. The van der Waals surface area contributed by atoms with Crippen LogP contribution in [0.4, 0.5) is 35.1 Å². The van der Waals surface area contributed by atoms with Crippen LogP contribution >= 0.6 is 0 Å². The van der Waals surface area contributed by atoms with Crippen molar-refractivity contribution in [3.8, 4) is 0 Å². The van der Waals surface area contributed by atoms with Crippen LogP contribution in [0.25, 0.3) is 0 Å². The Morgan fingerprint density at radius 1 is 0.696 bits per heavy atom. The van der Waals surface area contributed by atoms with Crippen LogP contribution in [-0.2, 0) is 0 Å². The van der Waals surface area contributed by atoms with E-state index in [1.165, 1.54) is 0 Å². The minimum atomic E-state index is -5.22. The Bertz CT molecular complexity index is 453. The third-order valence-electron chi connectivity index (χ3n) is 4.61. The molecule has 0 nitrogen and oxygen atoms in total. The second kappa shape index (κ2) is 4.97. The van der Waals surface area contributed by atoms with Gasteiger partial charge >= 0.3 is 11.8 Å². The molecule has 2 unspecified atom stereocenters. The number of rotatable bonds is 2. The van der Waals surface area contributed by atoms with Crippen LogP contribution in [0, 0.1) is 22.7 Å². The van der Waals surface area contributed by atoms with Gasteiger partial charge < -0.3 is 0 Å². The van der Waals surface area contributed by atoms with Crippen molar-refractivity contribution in [2.45, 2.75) is 71.7 Å². The topological polar surface area (TPSA) is 0 Å². The van der Waals surface area contributed by atoms with Crippen molar-refractivity contribution in [2.75, 3.05) is 0 Å². The Labute approximate surface area is 130 Å². The van der Waals surface area contributed by atoms with Gasteiger partial charge in [-0.25, -0.2) is 17.6 Å². The second-order valence-electron chi connectivity index (χ2n) is 8.36. The van der Waals surface area contributed by atoms with Gasteiger partial charge in [0, 0.05) is 23.2 Å². The zero-order valence-corrected chi connectivity index (χ0v) is 13.9. The third kappa shape index (κ3) is 2.84. The van der Waals surface area contributed by atoms with Crippen LogP contribution in [0.3, 0.4) is 0 Å². The highest BCUT2D eigenvalue weighted by atomic mass is 19.3. The van der Waals surface area contributed by atoms with E-state index in [2.05, 4.69) is 0 Å². The molecule has 0 aromatic heterocycles. The molecule has 2 atom stereocenters. The highest BCUT2D eigenvalue weighted by molar-refractivity contribution is 5.13. The van der Waals surface area contributed by atoms with Crippen LogP contribution in [0.1, 0.15) is 48.0 Å². The van der Waals surface area contributed by atoms with Crippen molar-refractivity contribution in [1.29, 1.82) is 0 Å². The Hall–Kier alpha value is -0.560. The zero-order valence-electron chi connectivity index (χ0n) is 13.9. The molecule has 1 fully saturated rings. The van der Waals surface area contributed by atoms with E-state index in [0.717, 1.165) is 41.5 Å². The van der Waals surface area contributed by atoms with Gasteiger partial charge in [0.2, 0.25) is 0 Å². The van der Waals surface area contributed by atoms with Crippen molar-refractivity contribution >= 4 is 0 Å². The van der Waals surface area contributed by atoms with Crippen molar-refractivity contribution in [3.63, 3.8) is 0 Å². The van der Waals surface area contributed by atoms with Gasteiger partial charge in [-0.05, 0) is 0 Å². The maximum absolute atomic E-state index is 14.5. The smallest absolute Gasteiger partial charge is 0.206 e. The van der Waals surface area contributed by atoms with E-state index in [4.69, 9.17) is 0 Å². The highest BCUT2D eigenvalue weighted by Crippen LogP contribution is 2.66. The van der Waals surface area contributed by atoms with Gasteiger partial charge in [-0.1, -0.05) is 41.5 Å². The molecule has 0 spiro atoms. The first kappa shape index (κ1) is 20.5. The average Bonchev–Trinajstić information content (AvgIpc) is 2.42. The van der Waals surface area contributed by atoms with Crippen LogP contribution in [0.2, 0.25) is 0 Å². The molecule has 0 aromatic rings. The van der Waals surface area contributed by atoms with Crippen LogP contribution in [0.5, 0.6) is 0 Å². The molecule has 0 N–H and O–H groups in total. The number of halogens is 8. The summed E-state index contributed by atoms with van der Waals surface area (Å²) in [5.74, 6) is -24.9. The molecule has 23 heavy (non-hydrogen) atoms. The van der Waals surface area contributed by atoms with Gasteiger partial charge in [0.05, 0.1) is 0 Å². The lowest BCUT2D eigenvalue weighted by Gasteiger charge is -2.44. The van der Waals surface area contributed by atoms with Crippen LogP contribution in [0.15, 0.2) is 0 Å². The quantitative estimate of drug-likeness (QED) is 0.514. The summed E-state index contributed by atoms with van der Waals surface area (Å²) in [6.07, 6.45) is -1.97. The molecule has 1 aliphatic carbocycles. The molecule has 1 rings (SSSR count). The van der Waals surface area contributed by atoms with Crippen molar-refractivity contribution in [2.24, 2.45) is 22.7 Å². The van der Waals surface area contributed by atoms with Gasteiger partial charge in [0.1, 0.15) is 5.92 Å². The largest absolute Gasteiger partial charge is 0.319 e. The summed E-state index contributed by atoms with van der Waals surface area (Å²) in [7, 11) is 0. The molecule has 0 heterocycles. The first-order chi connectivity index (χ1) is 9.71. The van der Waals surface area contributed by atoms with E-state index in [-0.39, 0.29) is 0 Å². The molecule has 1 aliphatic rings. The first-order valence-electron chi connectivity index (χ1n) is 7.22. The summed E-state index contributed by atoms with van der Waals surface area (Å²) >= 11 is 0. The normalized spacial score (nSPS) is 29.0. The molecule has 0 radical (unpaired) electrons. The third-order valence-corrected chi connectivity index (χ3v) is 4.61. The summed E-state index contributed by atoms with van der Waals surface area (Å²) in [6.45, 7) is 5.46. The summed E-state index contributed by atoms with van der Waals surface area (Å²) in [5.41, 5.74) is -4.19. The minimum absolute atomic E-state index is 0.867. The highest BCUT2D eigenvalue weighted by Gasteiger charge is 2.81. The number of hydrogen-bond donors (Lipinski definition) is 0. The molecule has 0 aliphatic heterocycles. The van der Waals surface area contributed by atoms with Gasteiger partial charge in [-0.2, -0.15) is 17.6 Å². The molecule has 0 saturated heterocycles. The zero-order chi connectivity index (χ0) is 18.9. The predicted octanol–water partition coefficient (Wildman–Crippen LogP) is 6.26. The maximum Gasteiger partial charge on any atom is 0.319 e. The molecular formula is C15H22F8. The molecule has 138 valence electrons. The van der Waals surface area contributed by atoms with E-state index >= 15 is 0 Å². The molecule has 8 heteroatoms. The van der Waals surface area contributed by atoms with Gasteiger partial charge in [-0.15, -0.1) is 0 Å². The predicted molar refractivity (Wildman–Crippen MR) is 70.3 cm³/mol. The van der Waals surface area contributed by atoms with E-state index in [1.807, 2.05) is 0 Å². The first-order valence-corrected chi connectivity index (χ1v) is 7.22.